The summed E-state index contributed by atoms with van der Waals surface area (Å²) in [5, 5.41) is 19.6. The first kappa shape index (κ1) is 24.3. The molecular formula is C7H16Ba2O3+2. The minimum absolute atomic E-state index is 0. The van der Waals surface area contributed by atoms with Gasteiger partial charge in [0.15, 0.2) is 0 Å². The maximum absolute atomic E-state index is 10.0. The van der Waals surface area contributed by atoms with E-state index in [0.29, 0.717) is 6.42 Å². The Kier molecular flexibility index (Phi) is 39.7. The average molecular weight is 423 g/mol. The summed E-state index contributed by atoms with van der Waals surface area (Å²) in [6.07, 6.45) is -0.679. The zero-order valence-electron chi connectivity index (χ0n) is 8.50. The molecule has 1 unspecified atom stereocenters. The molecule has 3 nitrogen and oxygen atoms in total. The van der Waals surface area contributed by atoms with E-state index in [4.69, 9.17) is 0 Å². The normalized spacial score (nSPS) is 10.2. The molecule has 0 fully saturated rings. The van der Waals surface area contributed by atoms with Crippen LogP contribution in [0.15, 0.2) is 0 Å². The Hall–Kier alpha value is 3.02. The van der Waals surface area contributed by atoms with Crippen LogP contribution in [0, 0.1) is 0 Å². The van der Waals surface area contributed by atoms with Gasteiger partial charge in [-0.25, -0.2) is 0 Å². The molecule has 0 aliphatic carbocycles. The molecule has 0 spiro atoms. The van der Waals surface area contributed by atoms with Crippen molar-refractivity contribution in [3.8, 4) is 0 Å². The summed E-state index contributed by atoms with van der Waals surface area (Å²) in [6.45, 7) is 5.02. The van der Waals surface area contributed by atoms with E-state index >= 15 is 0 Å². The average Bonchev–Trinajstić information content (AvgIpc) is 1.85. The first-order chi connectivity index (χ1) is 4.54. The van der Waals surface area contributed by atoms with Gasteiger partial charge in [-0.05, 0) is 12.7 Å². The van der Waals surface area contributed by atoms with Gasteiger partial charge in [-0.1, -0.05) is 20.8 Å². The fourth-order valence-electron chi connectivity index (χ4n) is 0.167. The summed E-state index contributed by atoms with van der Waals surface area (Å²) in [4.78, 5) is 0. The van der Waals surface area contributed by atoms with Crippen molar-refractivity contribution < 1.29 is 14.9 Å². The molecule has 0 amide bonds. The summed E-state index contributed by atoms with van der Waals surface area (Å²) in [5.74, 6) is 0. The number of ether oxygens (including phenoxy) is 1. The van der Waals surface area contributed by atoms with E-state index < -0.39 is 12.4 Å². The Morgan fingerprint density at radius 1 is 1.17 bits per heavy atom. The third-order valence-electron chi connectivity index (χ3n) is 0.596. The van der Waals surface area contributed by atoms with Crippen molar-refractivity contribution in [1.29, 1.82) is 0 Å². The third-order valence-corrected chi connectivity index (χ3v) is 0.596. The second-order valence-electron chi connectivity index (χ2n) is 2.12. The van der Waals surface area contributed by atoms with Crippen LogP contribution in [0.5, 0.6) is 0 Å². The standard InChI is InChI=1S/C4H9O2.C3H7O.2Ba/c1-3-4(5)6-2;1-3(2)4;;/h4H,3H2,1-2H3;3H,1-2H3;;/q2*-1;2*+2. The number of hydrogen-bond donors (Lipinski definition) is 0. The van der Waals surface area contributed by atoms with Crippen molar-refractivity contribution in [2.24, 2.45) is 0 Å². The SMILES string of the molecule is CC(C)[O-].CCC([O-])OC.[Ba+2].[Ba+2]. The van der Waals surface area contributed by atoms with Crippen LogP contribution < -0.4 is 10.2 Å². The molecule has 0 aromatic heterocycles. The van der Waals surface area contributed by atoms with E-state index in [9.17, 15) is 10.2 Å². The van der Waals surface area contributed by atoms with Gasteiger partial charge >= 0.3 is 97.8 Å². The molecule has 0 aliphatic heterocycles. The molecular weight excluding hydrogens is 407 g/mol. The Labute approximate surface area is 156 Å². The van der Waals surface area contributed by atoms with Crippen LogP contribution in [0.25, 0.3) is 0 Å². The minimum Gasteiger partial charge on any atom is -0.852 e. The fourth-order valence-corrected chi connectivity index (χ4v) is 0.167. The molecule has 5 heteroatoms. The Morgan fingerprint density at radius 2 is 1.42 bits per heavy atom. The van der Waals surface area contributed by atoms with Gasteiger partial charge in [-0.2, -0.15) is 0 Å². The van der Waals surface area contributed by atoms with E-state index in [0.717, 1.165) is 0 Å². The predicted octanol–water partition coefficient (Wildman–Crippen LogP) is -1.28. The molecule has 0 rings (SSSR count). The quantitative estimate of drug-likeness (QED) is 0.411. The van der Waals surface area contributed by atoms with Gasteiger partial charge in [0.25, 0.3) is 0 Å². The fraction of sp³-hybridized carbons (Fsp3) is 1.00. The zero-order valence-corrected chi connectivity index (χ0v) is 17.4. The van der Waals surface area contributed by atoms with E-state index in [1.165, 1.54) is 7.11 Å². The zero-order chi connectivity index (χ0) is 8.57. The van der Waals surface area contributed by atoms with Crippen LogP contribution in [0.1, 0.15) is 27.2 Å². The summed E-state index contributed by atoms with van der Waals surface area (Å²) >= 11 is 0. The molecule has 0 heterocycles. The van der Waals surface area contributed by atoms with E-state index in [1.54, 1.807) is 20.8 Å². The van der Waals surface area contributed by atoms with Crippen LogP contribution in [0.2, 0.25) is 0 Å². The van der Waals surface area contributed by atoms with Crippen LogP contribution in [0.4, 0.5) is 0 Å². The molecule has 0 saturated heterocycles. The second-order valence-corrected chi connectivity index (χ2v) is 2.12. The van der Waals surface area contributed by atoms with Crippen LogP contribution in [-0.4, -0.2) is 117 Å². The Morgan fingerprint density at radius 3 is 1.42 bits per heavy atom. The van der Waals surface area contributed by atoms with Gasteiger partial charge in [-0.3, -0.25) is 0 Å². The van der Waals surface area contributed by atoms with Crippen molar-refractivity contribution >= 4 is 97.8 Å². The smallest absolute Gasteiger partial charge is 0.852 e. The van der Waals surface area contributed by atoms with Gasteiger partial charge in [0.2, 0.25) is 0 Å². The molecule has 0 aliphatic rings. The first-order valence-electron chi connectivity index (χ1n) is 3.39. The van der Waals surface area contributed by atoms with Crippen LogP contribution >= 0.6 is 0 Å². The third kappa shape index (κ3) is 38.2. The van der Waals surface area contributed by atoms with Crippen molar-refractivity contribution in [3.05, 3.63) is 0 Å². The minimum atomic E-state index is -0.815. The van der Waals surface area contributed by atoms with Crippen molar-refractivity contribution in [2.45, 2.75) is 39.6 Å². The van der Waals surface area contributed by atoms with Crippen molar-refractivity contribution in [1.82, 2.24) is 0 Å². The number of hydrogen-bond acceptors (Lipinski definition) is 3. The van der Waals surface area contributed by atoms with Gasteiger partial charge < -0.3 is 14.9 Å². The second kappa shape index (κ2) is 19.6. The molecule has 0 aromatic rings. The van der Waals surface area contributed by atoms with E-state index in [1.807, 2.05) is 0 Å². The molecule has 64 valence electrons. The predicted molar refractivity (Wildman–Crippen MR) is 47.7 cm³/mol. The van der Waals surface area contributed by atoms with Gasteiger partial charge in [0, 0.05) is 7.11 Å². The molecule has 1 atom stereocenters. The first-order valence-corrected chi connectivity index (χ1v) is 3.39. The van der Waals surface area contributed by atoms with Gasteiger partial charge in [0.05, 0.1) is 0 Å². The number of methoxy groups -OCH3 is 1. The van der Waals surface area contributed by atoms with Crippen molar-refractivity contribution in [2.75, 3.05) is 7.11 Å². The van der Waals surface area contributed by atoms with Crippen LogP contribution in [0.3, 0.4) is 0 Å². The molecule has 0 bridgehead atoms. The van der Waals surface area contributed by atoms with E-state index in [-0.39, 0.29) is 97.8 Å². The molecule has 12 heavy (non-hydrogen) atoms. The topological polar surface area (TPSA) is 55.3 Å². The molecule has 0 saturated carbocycles. The van der Waals surface area contributed by atoms with Crippen LogP contribution in [-0.2, 0) is 4.74 Å². The maximum Gasteiger partial charge on any atom is 2.00 e. The summed E-state index contributed by atoms with van der Waals surface area (Å²) in [5.41, 5.74) is 0. The van der Waals surface area contributed by atoms with E-state index in [2.05, 4.69) is 4.74 Å². The summed E-state index contributed by atoms with van der Waals surface area (Å²) < 4.78 is 4.34. The maximum atomic E-state index is 10.0. The Balaban J connectivity index is -0.0000000483. The summed E-state index contributed by atoms with van der Waals surface area (Å²) in [6, 6.07) is 0. The Bertz CT molecular complexity index is 55.9. The number of rotatable bonds is 2. The van der Waals surface area contributed by atoms with Gasteiger partial charge in [0.1, 0.15) is 0 Å². The monoisotopic (exact) mass is 424 g/mol. The van der Waals surface area contributed by atoms with Crippen molar-refractivity contribution in [3.63, 3.8) is 0 Å². The molecule has 0 N–H and O–H groups in total. The van der Waals surface area contributed by atoms with Gasteiger partial charge in [-0.15, -0.1) is 6.10 Å². The molecule has 0 radical (unpaired) electrons. The summed E-state index contributed by atoms with van der Waals surface area (Å²) in [7, 11) is 1.42. The molecule has 0 aromatic carbocycles. The largest absolute Gasteiger partial charge is 2.00 e.